The van der Waals surface area contributed by atoms with Gasteiger partial charge in [0.1, 0.15) is 5.82 Å². The third-order valence-electron chi connectivity index (χ3n) is 4.72. The van der Waals surface area contributed by atoms with Crippen LogP contribution in [0, 0.1) is 12.7 Å². The van der Waals surface area contributed by atoms with E-state index >= 15 is 0 Å². The van der Waals surface area contributed by atoms with E-state index in [1.165, 1.54) is 36.1 Å². The molecular weight excluding hydrogens is 421 g/mol. The van der Waals surface area contributed by atoms with Crippen molar-refractivity contribution >= 4 is 23.4 Å². The molecule has 0 spiro atoms. The summed E-state index contributed by atoms with van der Waals surface area (Å²) >= 11 is 1.70. The number of thioether (sulfide) groups is 1. The molecule has 0 atom stereocenters. The van der Waals surface area contributed by atoms with Gasteiger partial charge in [-0.15, -0.1) is 0 Å². The van der Waals surface area contributed by atoms with E-state index in [0.717, 1.165) is 22.9 Å². The molecule has 2 heterocycles. The molecule has 0 fully saturated rings. The van der Waals surface area contributed by atoms with Crippen LogP contribution in [0.3, 0.4) is 0 Å². The lowest BCUT2D eigenvalue weighted by Gasteiger charge is -2.02. The van der Waals surface area contributed by atoms with Crippen LogP contribution in [0.5, 0.6) is 0 Å². The van der Waals surface area contributed by atoms with Gasteiger partial charge in [-0.25, -0.2) is 14.1 Å². The Balaban J connectivity index is 1.79. The number of hydrogen-bond donors (Lipinski definition) is 2. The molecular formula is C21H24FN5O3S. The number of aryl methyl sites for hydroxylation is 1. The molecule has 0 saturated carbocycles. The average molecular weight is 446 g/mol. The molecule has 0 amide bonds. The Labute approximate surface area is 182 Å². The van der Waals surface area contributed by atoms with Crippen LogP contribution in [-0.2, 0) is 21.7 Å². The molecule has 3 aromatic rings. The summed E-state index contributed by atoms with van der Waals surface area (Å²) < 4.78 is 19.3. The number of esters is 1. The predicted molar refractivity (Wildman–Crippen MR) is 119 cm³/mol. The van der Waals surface area contributed by atoms with Gasteiger partial charge >= 0.3 is 5.97 Å². The molecule has 164 valence electrons. The number of carbonyl (C=O) groups excluding carboxylic acids is 1. The Kier molecular flexibility index (Phi) is 7.45. The minimum atomic E-state index is -0.480. The average Bonchev–Trinajstić information content (AvgIpc) is 3.30. The molecule has 0 saturated heterocycles. The second-order valence-corrected chi connectivity index (χ2v) is 7.93. The number of imidazole rings is 1. The molecule has 1 aromatic carbocycles. The second kappa shape index (κ2) is 10.3. The summed E-state index contributed by atoms with van der Waals surface area (Å²) in [6, 6.07) is 5.50. The molecule has 0 unspecified atom stereocenters. The zero-order valence-corrected chi connectivity index (χ0v) is 18.4. The van der Waals surface area contributed by atoms with Crippen LogP contribution in [0.25, 0.3) is 5.69 Å². The van der Waals surface area contributed by atoms with Gasteiger partial charge in [-0.2, -0.15) is 11.8 Å². The first-order valence-corrected chi connectivity index (χ1v) is 10.8. The highest BCUT2D eigenvalue weighted by Crippen LogP contribution is 2.14. The number of H-pyrrole nitrogens is 2. The van der Waals surface area contributed by atoms with Gasteiger partial charge < -0.3 is 9.72 Å². The molecule has 8 nitrogen and oxygen atoms in total. The predicted octanol–water partition coefficient (Wildman–Crippen LogP) is 2.79. The van der Waals surface area contributed by atoms with Crippen LogP contribution in [-0.4, -0.2) is 50.8 Å². The monoisotopic (exact) mass is 445 g/mol. The Bertz CT molecular complexity index is 1130. The number of aromatic nitrogens is 4. The maximum absolute atomic E-state index is 13.3. The Hall–Kier alpha value is -3.14. The zero-order valence-electron chi connectivity index (χ0n) is 17.6. The van der Waals surface area contributed by atoms with Crippen LogP contribution in [0.4, 0.5) is 4.39 Å². The third kappa shape index (κ3) is 5.52. The first-order valence-electron chi connectivity index (χ1n) is 9.65. The van der Waals surface area contributed by atoms with E-state index < -0.39 is 11.8 Å². The Morgan fingerprint density at radius 2 is 2.06 bits per heavy atom. The standard InChI is InChI=1S/C21H24FN5O3S/c1-13-18(25-12-24-13)11-31-9-8-23-14(2)20-17(10-19(28)30-3)26-27(21(20)29)16-6-4-15(22)5-7-16/h4-7,12,26H,8-11H2,1-3H3,(H,24,25). The second-order valence-electron chi connectivity index (χ2n) is 6.83. The number of methoxy groups -OCH3 is 1. The van der Waals surface area contributed by atoms with Crippen LogP contribution < -0.4 is 5.56 Å². The molecule has 10 heteroatoms. The van der Waals surface area contributed by atoms with E-state index in [1.807, 2.05) is 6.92 Å². The van der Waals surface area contributed by atoms with Crippen molar-refractivity contribution in [2.75, 3.05) is 19.4 Å². The fourth-order valence-electron chi connectivity index (χ4n) is 3.03. The zero-order chi connectivity index (χ0) is 22.4. The summed E-state index contributed by atoms with van der Waals surface area (Å²) in [5.74, 6) is 0.649. The van der Waals surface area contributed by atoms with E-state index in [2.05, 4.69) is 20.1 Å². The lowest BCUT2D eigenvalue weighted by atomic mass is 10.1. The molecule has 0 radical (unpaired) electrons. The van der Waals surface area contributed by atoms with Crippen molar-refractivity contribution < 1.29 is 13.9 Å². The smallest absolute Gasteiger partial charge is 0.311 e. The lowest BCUT2D eigenvalue weighted by molar-refractivity contribution is -0.139. The van der Waals surface area contributed by atoms with E-state index in [0.29, 0.717) is 29.2 Å². The van der Waals surface area contributed by atoms with Crippen molar-refractivity contribution in [2.45, 2.75) is 26.0 Å². The SMILES string of the molecule is COC(=O)Cc1[nH]n(-c2ccc(F)cc2)c(=O)c1C(C)=NCCSCc1nc[nH]c1C. The molecule has 31 heavy (non-hydrogen) atoms. The number of carbonyl (C=O) groups is 1. The van der Waals surface area contributed by atoms with Crippen molar-refractivity contribution in [3.8, 4) is 5.69 Å². The van der Waals surface area contributed by atoms with Gasteiger partial charge in [-0.3, -0.25) is 19.7 Å². The number of aliphatic imine (C=N–C) groups is 1. The van der Waals surface area contributed by atoms with E-state index in [1.54, 1.807) is 25.0 Å². The number of aromatic amines is 2. The minimum absolute atomic E-state index is 0.102. The van der Waals surface area contributed by atoms with Crippen LogP contribution in [0.2, 0.25) is 0 Å². The first kappa shape index (κ1) is 22.5. The van der Waals surface area contributed by atoms with Crippen molar-refractivity contribution in [2.24, 2.45) is 4.99 Å². The van der Waals surface area contributed by atoms with Crippen LogP contribution in [0.15, 0.2) is 40.4 Å². The van der Waals surface area contributed by atoms with Crippen molar-refractivity contribution in [1.29, 1.82) is 0 Å². The number of benzene rings is 1. The number of nitrogens with zero attached hydrogens (tertiary/aromatic N) is 3. The maximum atomic E-state index is 13.3. The van der Waals surface area contributed by atoms with Gasteiger partial charge in [0.2, 0.25) is 0 Å². The molecule has 3 rings (SSSR count). The Morgan fingerprint density at radius 1 is 1.32 bits per heavy atom. The minimum Gasteiger partial charge on any atom is -0.469 e. The maximum Gasteiger partial charge on any atom is 0.311 e. The highest BCUT2D eigenvalue weighted by atomic mass is 32.2. The van der Waals surface area contributed by atoms with Crippen LogP contribution >= 0.6 is 11.8 Å². The largest absolute Gasteiger partial charge is 0.469 e. The van der Waals surface area contributed by atoms with Gasteiger partial charge in [0.15, 0.2) is 0 Å². The normalized spacial score (nSPS) is 11.7. The molecule has 0 aliphatic carbocycles. The molecule has 0 aliphatic rings. The molecule has 2 aromatic heterocycles. The quantitative estimate of drug-likeness (QED) is 0.299. The van der Waals surface area contributed by atoms with Crippen LogP contribution in [0.1, 0.15) is 29.6 Å². The summed E-state index contributed by atoms with van der Waals surface area (Å²) in [5.41, 5.74) is 3.42. The number of ether oxygens (including phenoxy) is 1. The summed E-state index contributed by atoms with van der Waals surface area (Å²) in [6.45, 7) is 4.23. The highest BCUT2D eigenvalue weighted by molar-refractivity contribution is 7.98. The number of nitrogens with one attached hydrogen (secondary N) is 2. The topological polar surface area (TPSA) is 105 Å². The van der Waals surface area contributed by atoms with Crippen molar-refractivity contribution in [3.05, 3.63) is 69.4 Å². The number of rotatable bonds is 9. The number of hydrogen-bond acceptors (Lipinski definition) is 6. The van der Waals surface area contributed by atoms with Gasteiger partial charge in [-0.05, 0) is 38.1 Å². The fraction of sp³-hybridized carbons (Fsp3) is 0.333. The van der Waals surface area contributed by atoms with Crippen molar-refractivity contribution in [3.63, 3.8) is 0 Å². The highest BCUT2D eigenvalue weighted by Gasteiger charge is 2.20. The van der Waals surface area contributed by atoms with Gasteiger partial charge in [0.25, 0.3) is 5.56 Å². The summed E-state index contributed by atoms with van der Waals surface area (Å²) in [6.07, 6.45) is 1.57. The molecule has 2 N–H and O–H groups in total. The van der Waals surface area contributed by atoms with Gasteiger partial charge in [-0.1, -0.05) is 0 Å². The third-order valence-corrected chi connectivity index (χ3v) is 5.67. The number of halogens is 1. The van der Waals surface area contributed by atoms with E-state index in [4.69, 9.17) is 4.74 Å². The van der Waals surface area contributed by atoms with E-state index in [9.17, 15) is 14.0 Å². The fourth-order valence-corrected chi connectivity index (χ4v) is 3.88. The molecule has 0 bridgehead atoms. The Morgan fingerprint density at radius 3 is 2.71 bits per heavy atom. The summed E-state index contributed by atoms with van der Waals surface area (Å²) in [5, 5.41) is 2.94. The van der Waals surface area contributed by atoms with E-state index in [-0.39, 0.29) is 12.0 Å². The van der Waals surface area contributed by atoms with Gasteiger partial charge in [0, 0.05) is 29.5 Å². The summed E-state index contributed by atoms with van der Waals surface area (Å²) in [4.78, 5) is 36.7. The summed E-state index contributed by atoms with van der Waals surface area (Å²) in [7, 11) is 1.29. The first-order chi connectivity index (χ1) is 14.9. The lowest BCUT2D eigenvalue weighted by Crippen LogP contribution is -2.20. The van der Waals surface area contributed by atoms with Gasteiger partial charge in [0.05, 0.1) is 42.5 Å². The molecule has 0 aliphatic heterocycles. The van der Waals surface area contributed by atoms with Crippen molar-refractivity contribution in [1.82, 2.24) is 19.7 Å².